The summed E-state index contributed by atoms with van der Waals surface area (Å²) in [6.45, 7) is 0. The summed E-state index contributed by atoms with van der Waals surface area (Å²) >= 11 is 2.88. The predicted octanol–water partition coefficient (Wildman–Crippen LogP) is 1.57. The van der Waals surface area contributed by atoms with Crippen LogP contribution in [0, 0.1) is 0 Å². The standard InChI is InChI=1S/C10H4BrF3O/c11-9-7(15)4-5-2-1-3-6(8(5)9)10(12,13)14/h1-4H. The van der Waals surface area contributed by atoms with Gasteiger partial charge in [-0.2, -0.15) is 13.2 Å². The van der Waals surface area contributed by atoms with Gasteiger partial charge >= 0.3 is 6.18 Å². The lowest BCUT2D eigenvalue weighted by atomic mass is 10.1. The molecular weight excluding hydrogens is 273 g/mol. The molecule has 15 heavy (non-hydrogen) atoms. The maximum absolute atomic E-state index is 12.6. The van der Waals surface area contributed by atoms with Crippen molar-refractivity contribution in [2.45, 2.75) is 6.18 Å². The Bertz CT molecular complexity index is 557. The fourth-order valence-electron chi connectivity index (χ4n) is 1.50. The molecule has 0 spiro atoms. The van der Waals surface area contributed by atoms with Crippen LogP contribution in [0.4, 0.5) is 13.2 Å². The van der Waals surface area contributed by atoms with Crippen LogP contribution < -0.4 is 10.4 Å². The number of alkyl halides is 3. The van der Waals surface area contributed by atoms with E-state index in [9.17, 15) is 18.0 Å². The summed E-state index contributed by atoms with van der Waals surface area (Å²) in [5.41, 5.74) is -0.783. The molecule has 0 aromatic heterocycles. The second-order valence-corrected chi connectivity index (χ2v) is 3.88. The molecule has 1 nitrogen and oxygen atoms in total. The maximum Gasteiger partial charge on any atom is 0.417 e. The van der Waals surface area contributed by atoms with Crippen molar-refractivity contribution in [1.82, 2.24) is 0 Å². The summed E-state index contributed by atoms with van der Waals surface area (Å²) in [4.78, 5) is 11.2. The van der Waals surface area contributed by atoms with Crippen LogP contribution in [-0.4, -0.2) is 5.78 Å². The Labute approximate surface area is 91.0 Å². The number of fused-ring (bicyclic) bond motifs is 1. The third-order valence-electron chi connectivity index (χ3n) is 2.12. The first kappa shape index (κ1) is 10.4. The zero-order valence-electron chi connectivity index (χ0n) is 7.23. The number of carbonyl (C=O) groups excluding carboxylic acids is 1. The van der Waals surface area contributed by atoms with Crippen LogP contribution in [0.15, 0.2) is 18.2 Å². The molecule has 0 amide bonds. The van der Waals surface area contributed by atoms with Crippen molar-refractivity contribution in [2.75, 3.05) is 0 Å². The summed E-state index contributed by atoms with van der Waals surface area (Å²) in [7, 11) is 0. The summed E-state index contributed by atoms with van der Waals surface area (Å²) in [5, 5.41) is 0.247. The van der Waals surface area contributed by atoms with Crippen LogP contribution >= 0.6 is 15.9 Å². The second kappa shape index (κ2) is 3.20. The first-order valence-corrected chi connectivity index (χ1v) is 4.82. The quantitative estimate of drug-likeness (QED) is 0.703. The van der Waals surface area contributed by atoms with Gasteiger partial charge in [0, 0.05) is 5.22 Å². The smallest absolute Gasteiger partial charge is 0.289 e. The third kappa shape index (κ3) is 1.61. The van der Waals surface area contributed by atoms with Gasteiger partial charge in [0.25, 0.3) is 0 Å². The van der Waals surface area contributed by atoms with Gasteiger partial charge in [0.2, 0.25) is 0 Å². The molecule has 2 rings (SSSR count). The number of Topliss-reactive ketones (excluding diaryl/α,β-unsaturated/α-hetero) is 1. The molecule has 0 fully saturated rings. The monoisotopic (exact) mass is 276 g/mol. The molecule has 0 saturated heterocycles. The van der Waals surface area contributed by atoms with Crippen LogP contribution in [0.3, 0.4) is 0 Å². The van der Waals surface area contributed by atoms with Gasteiger partial charge in [0.15, 0.2) is 5.78 Å². The van der Waals surface area contributed by atoms with E-state index >= 15 is 0 Å². The molecule has 0 aliphatic heterocycles. The van der Waals surface area contributed by atoms with Gasteiger partial charge in [-0.15, -0.1) is 0 Å². The highest BCUT2D eigenvalue weighted by Crippen LogP contribution is 2.27. The normalized spacial score (nSPS) is 15.2. The van der Waals surface area contributed by atoms with Crippen LogP contribution in [0.1, 0.15) is 5.56 Å². The van der Waals surface area contributed by atoms with E-state index in [2.05, 4.69) is 15.9 Å². The Kier molecular flexibility index (Phi) is 2.22. The van der Waals surface area contributed by atoms with Crippen molar-refractivity contribution in [3.05, 3.63) is 34.2 Å². The van der Waals surface area contributed by atoms with Crippen molar-refractivity contribution in [3.63, 3.8) is 0 Å². The molecule has 1 aromatic carbocycles. The summed E-state index contributed by atoms with van der Waals surface area (Å²) in [5.74, 6) is -0.429. The zero-order chi connectivity index (χ0) is 11.2. The Balaban J connectivity index is 2.92. The highest BCUT2D eigenvalue weighted by atomic mass is 79.9. The van der Waals surface area contributed by atoms with Crippen LogP contribution in [-0.2, 0) is 11.0 Å². The molecule has 1 aliphatic carbocycles. The number of halogens is 4. The van der Waals surface area contributed by atoms with Crippen molar-refractivity contribution in [1.29, 1.82) is 0 Å². The zero-order valence-corrected chi connectivity index (χ0v) is 8.82. The van der Waals surface area contributed by atoms with E-state index in [1.807, 2.05) is 0 Å². The van der Waals surface area contributed by atoms with E-state index in [1.54, 1.807) is 0 Å². The number of ketones is 1. The SMILES string of the molecule is O=C1C=c2cccc(C(F)(F)F)c2=C1Br. The number of carbonyl (C=O) groups is 1. The summed E-state index contributed by atoms with van der Waals surface area (Å²) in [6.07, 6.45) is -3.25. The van der Waals surface area contributed by atoms with E-state index in [0.29, 0.717) is 5.22 Å². The summed E-state index contributed by atoms with van der Waals surface area (Å²) in [6, 6.07) is 3.74. The fourth-order valence-corrected chi connectivity index (χ4v) is 2.06. The fraction of sp³-hybridized carbons (Fsp3) is 0.100. The number of hydrogen-bond acceptors (Lipinski definition) is 1. The van der Waals surface area contributed by atoms with Gasteiger partial charge in [-0.3, -0.25) is 4.79 Å². The lowest BCUT2D eigenvalue weighted by Gasteiger charge is -2.06. The highest BCUT2D eigenvalue weighted by molar-refractivity contribution is 9.15. The number of rotatable bonds is 0. The van der Waals surface area contributed by atoms with Gasteiger partial charge in [0.1, 0.15) is 0 Å². The minimum absolute atomic E-state index is 0.0228. The van der Waals surface area contributed by atoms with Crippen LogP contribution in [0.2, 0.25) is 0 Å². The van der Waals surface area contributed by atoms with E-state index in [0.717, 1.165) is 6.07 Å². The average molecular weight is 277 g/mol. The Morgan fingerprint density at radius 1 is 1.20 bits per heavy atom. The highest BCUT2D eigenvalue weighted by Gasteiger charge is 2.33. The number of benzene rings is 1. The van der Waals surface area contributed by atoms with Crippen LogP contribution in [0.25, 0.3) is 10.6 Å². The van der Waals surface area contributed by atoms with Crippen molar-refractivity contribution in [2.24, 2.45) is 0 Å². The lowest BCUT2D eigenvalue weighted by molar-refractivity contribution is -0.138. The van der Waals surface area contributed by atoms with Gasteiger partial charge in [-0.05, 0) is 33.3 Å². The van der Waals surface area contributed by atoms with E-state index in [-0.39, 0.29) is 9.70 Å². The first-order chi connectivity index (χ1) is 6.91. The van der Waals surface area contributed by atoms with Crippen molar-refractivity contribution in [3.8, 4) is 0 Å². The minimum Gasteiger partial charge on any atom is -0.289 e. The first-order valence-electron chi connectivity index (χ1n) is 4.03. The topological polar surface area (TPSA) is 17.1 Å². The maximum atomic E-state index is 12.6. The lowest BCUT2D eigenvalue weighted by Crippen LogP contribution is -2.31. The molecule has 0 bridgehead atoms. The molecule has 0 heterocycles. The van der Waals surface area contributed by atoms with Crippen molar-refractivity contribution >= 4 is 32.3 Å². The molecule has 0 atom stereocenters. The molecule has 78 valence electrons. The molecule has 0 N–H and O–H groups in total. The predicted molar refractivity (Wildman–Crippen MR) is 52.5 cm³/mol. The molecule has 0 unspecified atom stereocenters. The van der Waals surface area contributed by atoms with Gasteiger partial charge in [-0.25, -0.2) is 0 Å². The van der Waals surface area contributed by atoms with Gasteiger partial charge in [-0.1, -0.05) is 12.1 Å². The van der Waals surface area contributed by atoms with Gasteiger partial charge < -0.3 is 0 Å². The van der Waals surface area contributed by atoms with Crippen molar-refractivity contribution < 1.29 is 18.0 Å². The van der Waals surface area contributed by atoms with E-state index in [1.165, 1.54) is 18.2 Å². The average Bonchev–Trinajstić information content (AvgIpc) is 2.41. The molecule has 5 heteroatoms. The van der Waals surface area contributed by atoms with Gasteiger partial charge in [0.05, 0.1) is 10.0 Å². The summed E-state index contributed by atoms with van der Waals surface area (Å²) < 4.78 is 37.7. The minimum atomic E-state index is -4.44. The Hall–Kier alpha value is -1.10. The molecular formula is C10H4BrF3O. The van der Waals surface area contributed by atoms with E-state index < -0.39 is 17.5 Å². The Morgan fingerprint density at radius 3 is 2.47 bits per heavy atom. The Morgan fingerprint density at radius 2 is 1.87 bits per heavy atom. The van der Waals surface area contributed by atoms with Crippen LogP contribution in [0.5, 0.6) is 0 Å². The second-order valence-electron chi connectivity index (χ2n) is 3.09. The largest absolute Gasteiger partial charge is 0.417 e. The molecule has 0 saturated carbocycles. The number of hydrogen-bond donors (Lipinski definition) is 0. The van der Waals surface area contributed by atoms with E-state index in [4.69, 9.17) is 0 Å². The molecule has 1 aromatic rings. The third-order valence-corrected chi connectivity index (χ3v) is 2.91. The molecule has 1 aliphatic rings. The molecule has 0 radical (unpaired) electrons.